The molecule has 0 bridgehead atoms. The molecule has 154 valence electrons. The Bertz CT molecular complexity index is 915. The van der Waals surface area contributed by atoms with Gasteiger partial charge in [0.15, 0.2) is 0 Å². The molecular formula is C23H28ClN2O3+. The largest absolute Gasteiger partial charge is 0.457 e. The molecule has 4 rings (SSSR count). The fourth-order valence-corrected chi connectivity index (χ4v) is 4.88. The first-order valence-electron chi connectivity index (χ1n) is 10.3. The standard InChI is InChI=1S/C23H28ClN2O3/c1-4-25(5-2)23(27)28-15-26(3)13-19-17-8-6-7-9-21(17)29-22-11-10-16(24)12-18(22)20(19)14-26/h6-12,19-20H,4-5,13-15H2,1-3H3/q+1. The third-order valence-electron chi connectivity index (χ3n) is 6.19. The summed E-state index contributed by atoms with van der Waals surface area (Å²) in [6, 6.07) is 14.1. The molecule has 29 heavy (non-hydrogen) atoms. The lowest BCUT2D eigenvalue weighted by atomic mass is 9.84. The number of rotatable bonds is 4. The highest BCUT2D eigenvalue weighted by Gasteiger charge is 2.48. The molecule has 1 amide bonds. The first-order valence-corrected chi connectivity index (χ1v) is 10.6. The van der Waals surface area contributed by atoms with Crippen molar-refractivity contribution in [3.63, 3.8) is 0 Å². The number of benzene rings is 2. The predicted octanol–water partition coefficient (Wildman–Crippen LogP) is 5.21. The number of hydrogen-bond acceptors (Lipinski definition) is 3. The zero-order chi connectivity index (χ0) is 20.6. The van der Waals surface area contributed by atoms with Gasteiger partial charge in [-0.3, -0.25) is 4.48 Å². The third-order valence-corrected chi connectivity index (χ3v) is 6.43. The van der Waals surface area contributed by atoms with E-state index in [0.717, 1.165) is 30.2 Å². The first kappa shape index (κ1) is 20.0. The molecule has 0 aromatic heterocycles. The van der Waals surface area contributed by atoms with Gasteiger partial charge in [-0.2, -0.15) is 0 Å². The second-order valence-corrected chi connectivity index (χ2v) is 8.67. The summed E-state index contributed by atoms with van der Waals surface area (Å²) in [7, 11) is 2.16. The van der Waals surface area contributed by atoms with Gasteiger partial charge in [0.2, 0.25) is 6.73 Å². The summed E-state index contributed by atoms with van der Waals surface area (Å²) in [4.78, 5) is 14.1. The summed E-state index contributed by atoms with van der Waals surface area (Å²) < 4.78 is 12.6. The van der Waals surface area contributed by atoms with Crippen molar-refractivity contribution in [3.8, 4) is 11.5 Å². The van der Waals surface area contributed by atoms with E-state index in [9.17, 15) is 4.79 Å². The summed E-state index contributed by atoms with van der Waals surface area (Å²) in [5, 5.41) is 0.714. The molecule has 0 aliphatic carbocycles. The second kappa shape index (κ2) is 7.88. The van der Waals surface area contributed by atoms with Gasteiger partial charge in [-0.1, -0.05) is 29.8 Å². The zero-order valence-electron chi connectivity index (χ0n) is 17.2. The number of likely N-dealkylation sites (N-methyl/N-ethyl adjacent to an activating group) is 1. The van der Waals surface area contributed by atoms with Gasteiger partial charge < -0.3 is 14.4 Å². The molecule has 3 atom stereocenters. The molecular weight excluding hydrogens is 388 g/mol. The Morgan fingerprint density at radius 2 is 1.76 bits per heavy atom. The molecule has 0 saturated carbocycles. The number of amides is 1. The van der Waals surface area contributed by atoms with E-state index in [1.165, 1.54) is 5.56 Å². The number of halogens is 1. The van der Waals surface area contributed by atoms with E-state index in [0.29, 0.717) is 29.3 Å². The van der Waals surface area contributed by atoms with Crippen LogP contribution in [0.1, 0.15) is 36.8 Å². The van der Waals surface area contributed by atoms with Crippen molar-refractivity contribution in [1.82, 2.24) is 4.90 Å². The van der Waals surface area contributed by atoms with Gasteiger partial charge in [-0.25, -0.2) is 4.79 Å². The van der Waals surface area contributed by atoms with Crippen LogP contribution in [0, 0.1) is 0 Å². The molecule has 2 heterocycles. The monoisotopic (exact) mass is 415 g/mol. The van der Waals surface area contributed by atoms with Gasteiger partial charge >= 0.3 is 6.09 Å². The minimum absolute atomic E-state index is 0.242. The number of carbonyl (C=O) groups is 1. The molecule has 0 N–H and O–H groups in total. The molecule has 0 spiro atoms. The van der Waals surface area contributed by atoms with Gasteiger partial charge in [0.05, 0.1) is 20.1 Å². The van der Waals surface area contributed by atoms with Gasteiger partial charge in [-0.15, -0.1) is 0 Å². The Labute approximate surface area is 177 Å². The van der Waals surface area contributed by atoms with E-state index in [1.54, 1.807) is 4.90 Å². The molecule has 0 radical (unpaired) electrons. The van der Waals surface area contributed by atoms with E-state index < -0.39 is 0 Å². The molecule has 2 aliphatic rings. The van der Waals surface area contributed by atoms with E-state index in [1.807, 2.05) is 44.2 Å². The van der Waals surface area contributed by atoms with Crippen molar-refractivity contribution in [2.45, 2.75) is 25.7 Å². The number of hydrogen-bond donors (Lipinski definition) is 0. The summed E-state index contributed by atoms with van der Waals surface area (Å²) in [6.07, 6.45) is -0.242. The van der Waals surface area contributed by atoms with E-state index >= 15 is 0 Å². The Morgan fingerprint density at radius 3 is 2.48 bits per heavy atom. The Hall–Kier alpha value is -2.24. The molecule has 1 saturated heterocycles. The quantitative estimate of drug-likeness (QED) is 0.643. The van der Waals surface area contributed by atoms with Crippen molar-refractivity contribution in [2.24, 2.45) is 0 Å². The van der Waals surface area contributed by atoms with Crippen LogP contribution in [0.2, 0.25) is 5.02 Å². The van der Waals surface area contributed by atoms with Gasteiger partial charge in [0.25, 0.3) is 0 Å². The molecule has 2 aromatic carbocycles. The second-order valence-electron chi connectivity index (χ2n) is 8.23. The number of quaternary nitrogens is 1. The maximum atomic E-state index is 12.4. The molecule has 5 nitrogen and oxygen atoms in total. The van der Waals surface area contributed by atoms with Crippen LogP contribution in [0.25, 0.3) is 0 Å². The van der Waals surface area contributed by atoms with Crippen LogP contribution in [0.4, 0.5) is 4.79 Å². The lowest BCUT2D eigenvalue weighted by molar-refractivity contribution is -0.915. The van der Waals surface area contributed by atoms with Gasteiger partial charge in [-0.05, 0) is 38.1 Å². The molecule has 2 aromatic rings. The van der Waals surface area contributed by atoms with Crippen LogP contribution < -0.4 is 4.74 Å². The number of nitrogens with zero attached hydrogens (tertiary/aromatic N) is 2. The van der Waals surface area contributed by atoms with Gasteiger partial charge in [0.1, 0.15) is 11.5 Å². The maximum absolute atomic E-state index is 12.4. The lowest BCUT2D eigenvalue weighted by Crippen LogP contribution is -2.46. The highest BCUT2D eigenvalue weighted by Crippen LogP contribution is 2.51. The number of likely N-dealkylation sites (tertiary alicyclic amines) is 1. The average molecular weight is 416 g/mol. The van der Waals surface area contributed by atoms with Crippen molar-refractivity contribution < 1.29 is 18.8 Å². The summed E-state index contributed by atoms with van der Waals surface area (Å²) >= 11 is 6.34. The zero-order valence-corrected chi connectivity index (χ0v) is 18.0. The molecule has 2 aliphatic heterocycles. The van der Waals surface area contributed by atoms with Crippen LogP contribution in [0.15, 0.2) is 42.5 Å². The highest BCUT2D eigenvalue weighted by atomic mass is 35.5. The topological polar surface area (TPSA) is 38.8 Å². The van der Waals surface area contributed by atoms with Crippen LogP contribution in [-0.2, 0) is 4.74 Å². The van der Waals surface area contributed by atoms with Crippen molar-refractivity contribution >= 4 is 17.7 Å². The third kappa shape index (κ3) is 3.81. The Morgan fingerprint density at radius 1 is 1.10 bits per heavy atom. The lowest BCUT2D eigenvalue weighted by Gasteiger charge is -2.30. The molecule has 1 fully saturated rings. The minimum Gasteiger partial charge on any atom is -0.457 e. The Balaban J connectivity index is 1.64. The summed E-state index contributed by atoms with van der Waals surface area (Å²) in [5.74, 6) is 2.30. The Kier molecular flexibility index (Phi) is 5.45. The normalized spacial score (nSPS) is 24.6. The number of para-hydroxylation sites is 1. The van der Waals surface area contributed by atoms with E-state index in [-0.39, 0.29) is 17.9 Å². The highest BCUT2D eigenvalue weighted by molar-refractivity contribution is 6.30. The first-order chi connectivity index (χ1) is 13.9. The van der Waals surface area contributed by atoms with Crippen molar-refractivity contribution in [2.75, 3.05) is 40.0 Å². The van der Waals surface area contributed by atoms with E-state index in [4.69, 9.17) is 21.1 Å². The number of carbonyl (C=O) groups excluding carboxylic acids is 1. The molecule has 6 heteroatoms. The van der Waals surface area contributed by atoms with Crippen molar-refractivity contribution in [3.05, 3.63) is 58.6 Å². The van der Waals surface area contributed by atoms with Crippen LogP contribution in [0.3, 0.4) is 0 Å². The number of fused-ring (bicyclic) bond motifs is 5. The van der Waals surface area contributed by atoms with Crippen LogP contribution in [-0.4, -0.2) is 55.4 Å². The molecule has 3 unspecified atom stereocenters. The fourth-order valence-electron chi connectivity index (χ4n) is 4.70. The fraction of sp³-hybridized carbons (Fsp3) is 0.435. The van der Waals surface area contributed by atoms with Crippen LogP contribution in [0.5, 0.6) is 11.5 Å². The number of ether oxygens (including phenoxy) is 2. The summed E-state index contributed by atoms with van der Waals surface area (Å²) in [6.45, 7) is 7.34. The van der Waals surface area contributed by atoms with Crippen molar-refractivity contribution in [1.29, 1.82) is 0 Å². The van der Waals surface area contributed by atoms with E-state index in [2.05, 4.69) is 19.2 Å². The van der Waals surface area contributed by atoms with Gasteiger partial charge in [0, 0.05) is 41.1 Å². The summed E-state index contributed by atoms with van der Waals surface area (Å²) in [5.41, 5.74) is 2.34. The SMILES string of the molecule is CCN(CC)C(=O)OC[N+]1(C)CC2c3ccccc3Oc3ccc(Cl)cc3C2C1. The maximum Gasteiger partial charge on any atom is 0.414 e. The minimum atomic E-state index is -0.242. The predicted molar refractivity (Wildman–Crippen MR) is 114 cm³/mol. The average Bonchev–Trinajstić information content (AvgIpc) is 3.01. The smallest absolute Gasteiger partial charge is 0.414 e. The van der Waals surface area contributed by atoms with Crippen LogP contribution >= 0.6 is 11.6 Å².